The van der Waals surface area contributed by atoms with E-state index in [4.69, 9.17) is 4.74 Å². The van der Waals surface area contributed by atoms with Crippen LogP contribution in [0.5, 0.6) is 5.75 Å². The molecule has 1 amide bonds. The lowest BCUT2D eigenvalue weighted by molar-refractivity contribution is -0.126. The van der Waals surface area contributed by atoms with E-state index in [1.807, 2.05) is 24.3 Å². The Kier molecular flexibility index (Phi) is 6.70. The lowest BCUT2D eigenvalue weighted by Gasteiger charge is -2.35. The summed E-state index contributed by atoms with van der Waals surface area (Å²) in [5.41, 5.74) is 1.11. The second-order valence-corrected chi connectivity index (χ2v) is 7.33. The van der Waals surface area contributed by atoms with Crippen LogP contribution in [-0.2, 0) is 11.3 Å². The summed E-state index contributed by atoms with van der Waals surface area (Å²) < 4.78 is 5.16. The third-order valence-electron chi connectivity index (χ3n) is 5.56. The van der Waals surface area contributed by atoms with E-state index in [0.717, 1.165) is 56.3 Å². The molecule has 0 spiro atoms. The van der Waals surface area contributed by atoms with Crippen LogP contribution in [0.25, 0.3) is 0 Å². The summed E-state index contributed by atoms with van der Waals surface area (Å²) in [6.07, 6.45) is 4.56. The highest BCUT2D eigenvalue weighted by Crippen LogP contribution is 2.21. The normalized spacial score (nSPS) is 20.4. The molecule has 0 aliphatic carbocycles. The molecule has 25 heavy (non-hydrogen) atoms. The molecule has 2 saturated heterocycles. The molecule has 2 aliphatic rings. The fourth-order valence-electron chi connectivity index (χ4n) is 3.88. The molecule has 0 radical (unpaired) electrons. The number of piperidine rings is 2. The smallest absolute Gasteiger partial charge is 0.223 e. The van der Waals surface area contributed by atoms with Crippen molar-refractivity contribution in [1.29, 1.82) is 0 Å². The van der Waals surface area contributed by atoms with Crippen LogP contribution in [0, 0.1) is 11.8 Å². The van der Waals surface area contributed by atoms with E-state index in [0.29, 0.717) is 6.54 Å². The van der Waals surface area contributed by atoms with Crippen molar-refractivity contribution < 1.29 is 9.53 Å². The molecule has 0 unspecified atom stereocenters. The van der Waals surface area contributed by atoms with Crippen molar-refractivity contribution in [3.63, 3.8) is 0 Å². The molecule has 2 heterocycles. The minimum absolute atomic E-state index is 0.169. The van der Waals surface area contributed by atoms with E-state index in [2.05, 4.69) is 15.5 Å². The van der Waals surface area contributed by atoms with E-state index in [1.165, 1.54) is 19.4 Å². The van der Waals surface area contributed by atoms with E-state index in [-0.39, 0.29) is 11.8 Å². The predicted octanol–water partition coefficient (Wildman–Crippen LogP) is 2.02. The maximum Gasteiger partial charge on any atom is 0.223 e. The van der Waals surface area contributed by atoms with Crippen LogP contribution in [0.4, 0.5) is 0 Å². The van der Waals surface area contributed by atoms with Crippen molar-refractivity contribution in [2.24, 2.45) is 11.8 Å². The number of rotatable bonds is 6. The number of benzene rings is 1. The average molecular weight is 345 g/mol. The molecule has 2 fully saturated rings. The second-order valence-electron chi connectivity index (χ2n) is 7.33. The molecule has 1 aromatic carbocycles. The van der Waals surface area contributed by atoms with E-state index < -0.39 is 0 Å². The average Bonchev–Trinajstić information content (AvgIpc) is 2.68. The minimum atomic E-state index is 0.169. The lowest BCUT2D eigenvalue weighted by atomic mass is 9.93. The summed E-state index contributed by atoms with van der Waals surface area (Å²) in [4.78, 5) is 15.0. The minimum Gasteiger partial charge on any atom is -0.497 e. The van der Waals surface area contributed by atoms with Gasteiger partial charge in [0.1, 0.15) is 5.75 Å². The fraction of sp³-hybridized carbons (Fsp3) is 0.650. The lowest BCUT2D eigenvalue weighted by Crippen LogP contribution is -2.43. The number of likely N-dealkylation sites (tertiary alicyclic amines) is 1. The zero-order valence-electron chi connectivity index (χ0n) is 15.3. The van der Waals surface area contributed by atoms with Gasteiger partial charge in [-0.05, 0) is 75.5 Å². The first kappa shape index (κ1) is 18.2. The van der Waals surface area contributed by atoms with E-state index >= 15 is 0 Å². The summed E-state index contributed by atoms with van der Waals surface area (Å²) in [6.45, 7) is 6.25. The third-order valence-corrected chi connectivity index (χ3v) is 5.56. The predicted molar refractivity (Wildman–Crippen MR) is 99.6 cm³/mol. The van der Waals surface area contributed by atoms with Crippen molar-refractivity contribution in [3.05, 3.63) is 29.8 Å². The molecule has 0 atom stereocenters. The molecule has 0 saturated carbocycles. The maximum atomic E-state index is 12.4. The number of methoxy groups -OCH3 is 1. The van der Waals surface area contributed by atoms with Gasteiger partial charge < -0.3 is 20.3 Å². The standard InChI is InChI=1S/C20H31N3O2/c1-25-19-4-2-16(3-5-19)14-22-20(24)18-8-12-23(13-9-18)15-17-6-10-21-11-7-17/h2-5,17-18,21H,6-15H2,1H3,(H,22,24). The first-order valence-electron chi connectivity index (χ1n) is 9.58. The van der Waals surface area contributed by atoms with Gasteiger partial charge in [-0.1, -0.05) is 12.1 Å². The first-order valence-corrected chi connectivity index (χ1v) is 9.58. The van der Waals surface area contributed by atoms with E-state index in [1.54, 1.807) is 7.11 Å². The molecule has 2 N–H and O–H groups in total. The Morgan fingerprint density at radius 2 is 1.84 bits per heavy atom. The monoisotopic (exact) mass is 345 g/mol. The van der Waals surface area contributed by atoms with Gasteiger partial charge in [0.15, 0.2) is 0 Å². The fourth-order valence-corrected chi connectivity index (χ4v) is 3.88. The number of hydrogen-bond donors (Lipinski definition) is 2. The molecule has 0 aromatic heterocycles. The van der Waals surface area contributed by atoms with Gasteiger partial charge >= 0.3 is 0 Å². The Hall–Kier alpha value is -1.59. The van der Waals surface area contributed by atoms with Gasteiger partial charge in [0, 0.05) is 19.0 Å². The Labute approximate surface area is 151 Å². The summed E-state index contributed by atoms with van der Waals surface area (Å²) in [6, 6.07) is 7.86. The molecule has 3 rings (SSSR count). The van der Waals surface area contributed by atoms with Gasteiger partial charge in [-0.3, -0.25) is 4.79 Å². The molecule has 138 valence electrons. The van der Waals surface area contributed by atoms with Gasteiger partial charge in [-0.25, -0.2) is 0 Å². The molecule has 5 nitrogen and oxygen atoms in total. The third kappa shape index (κ3) is 5.44. The molecule has 5 heteroatoms. The topological polar surface area (TPSA) is 53.6 Å². The molecular formula is C20H31N3O2. The first-order chi connectivity index (χ1) is 12.2. The maximum absolute atomic E-state index is 12.4. The van der Waals surface area contributed by atoms with Gasteiger partial charge in [0.2, 0.25) is 5.91 Å². The molecular weight excluding hydrogens is 314 g/mol. The molecule has 0 bridgehead atoms. The molecule has 1 aromatic rings. The van der Waals surface area contributed by atoms with Gasteiger partial charge in [-0.2, -0.15) is 0 Å². The highest BCUT2D eigenvalue weighted by atomic mass is 16.5. The summed E-state index contributed by atoms with van der Waals surface area (Å²) in [7, 11) is 1.66. The van der Waals surface area contributed by atoms with Crippen LogP contribution in [-0.4, -0.2) is 50.6 Å². The number of hydrogen-bond acceptors (Lipinski definition) is 4. The number of carbonyl (C=O) groups excluding carboxylic acids is 1. The SMILES string of the molecule is COc1ccc(CNC(=O)C2CCN(CC3CCNCC3)CC2)cc1. The van der Waals surface area contributed by atoms with Crippen LogP contribution in [0.15, 0.2) is 24.3 Å². The number of nitrogens with one attached hydrogen (secondary N) is 2. The summed E-state index contributed by atoms with van der Waals surface area (Å²) in [5, 5.41) is 6.53. The van der Waals surface area contributed by atoms with Crippen LogP contribution >= 0.6 is 0 Å². The second kappa shape index (κ2) is 9.20. The van der Waals surface area contributed by atoms with Gasteiger partial charge in [0.05, 0.1) is 7.11 Å². The highest BCUT2D eigenvalue weighted by molar-refractivity contribution is 5.78. The van der Waals surface area contributed by atoms with Crippen molar-refractivity contribution in [1.82, 2.24) is 15.5 Å². The zero-order valence-corrected chi connectivity index (χ0v) is 15.3. The Bertz CT molecular complexity index is 532. The van der Waals surface area contributed by atoms with Crippen LogP contribution in [0.2, 0.25) is 0 Å². The van der Waals surface area contributed by atoms with Crippen molar-refractivity contribution in [2.45, 2.75) is 32.2 Å². The van der Waals surface area contributed by atoms with Crippen LogP contribution in [0.1, 0.15) is 31.2 Å². The highest BCUT2D eigenvalue weighted by Gasteiger charge is 2.26. The van der Waals surface area contributed by atoms with Gasteiger partial charge in [0.25, 0.3) is 0 Å². The summed E-state index contributed by atoms with van der Waals surface area (Å²) >= 11 is 0. The Morgan fingerprint density at radius 3 is 2.48 bits per heavy atom. The van der Waals surface area contributed by atoms with Crippen molar-refractivity contribution >= 4 is 5.91 Å². The summed E-state index contributed by atoms with van der Waals surface area (Å²) in [5.74, 6) is 2.05. The van der Waals surface area contributed by atoms with Crippen molar-refractivity contribution in [2.75, 3.05) is 39.8 Å². The van der Waals surface area contributed by atoms with Gasteiger partial charge in [-0.15, -0.1) is 0 Å². The number of nitrogens with zero attached hydrogens (tertiary/aromatic N) is 1. The van der Waals surface area contributed by atoms with Crippen LogP contribution in [0.3, 0.4) is 0 Å². The number of amides is 1. The number of ether oxygens (including phenoxy) is 1. The quantitative estimate of drug-likeness (QED) is 0.828. The Balaban J connectivity index is 1.37. The zero-order chi connectivity index (χ0) is 17.5. The van der Waals surface area contributed by atoms with Crippen molar-refractivity contribution in [3.8, 4) is 5.75 Å². The Morgan fingerprint density at radius 1 is 1.16 bits per heavy atom. The molecule has 2 aliphatic heterocycles. The largest absolute Gasteiger partial charge is 0.497 e. The van der Waals surface area contributed by atoms with E-state index in [9.17, 15) is 4.79 Å². The number of carbonyl (C=O) groups is 1. The van der Waals surface area contributed by atoms with Crippen LogP contribution < -0.4 is 15.4 Å².